The molecule has 150 valence electrons. The number of hydrogen-bond acceptors (Lipinski definition) is 4. The molecule has 0 bridgehead atoms. The number of benzene rings is 1. The van der Waals surface area contributed by atoms with E-state index in [1.54, 1.807) is 15.9 Å². The van der Waals surface area contributed by atoms with Crippen molar-refractivity contribution in [2.75, 3.05) is 36.8 Å². The van der Waals surface area contributed by atoms with E-state index in [-0.39, 0.29) is 17.5 Å². The minimum absolute atomic E-state index is 0.153. The van der Waals surface area contributed by atoms with Crippen LogP contribution in [0.3, 0.4) is 0 Å². The number of nitrogens with one attached hydrogen (secondary N) is 2. The highest BCUT2D eigenvalue weighted by Crippen LogP contribution is 2.24. The van der Waals surface area contributed by atoms with Crippen LogP contribution in [0.5, 0.6) is 0 Å². The fourth-order valence-electron chi connectivity index (χ4n) is 2.92. The largest absolute Gasteiger partial charge is 0.359 e. The average molecular weight is 385 g/mol. The quantitative estimate of drug-likeness (QED) is 0.824. The molecule has 1 aromatic carbocycles. The van der Waals surface area contributed by atoms with Crippen LogP contribution in [0.25, 0.3) is 0 Å². The fourth-order valence-corrected chi connectivity index (χ4v) is 2.92. The van der Waals surface area contributed by atoms with Gasteiger partial charge in [0.2, 0.25) is 0 Å². The first-order valence-electron chi connectivity index (χ1n) is 9.47. The molecule has 4 amide bonds. The molecule has 1 aliphatic rings. The van der Waals surface area contributed by atoms with Crippen LogP contribution in [0.15, 0.2) is 40.9 Å². The van der Waals surface area contributed by atoms with Gasteiger partial charge in [0.1, 0.15) is 5.76 Å². The maximum atomic E-state index is 12.6. The van der Waals surface area contributed by atoms with E-state index < -0.39 is 0 Å². The number of rotatable bonds is 2. The van der Waals surface area contributed by atoms with Gasteiger partial charge < -0.3 is 19.6 Å². The smallest absolute Gasteiger partial charge is 0.323 e. The van der Waals surface area contributed by atoms with Crippen LogP contribution in [0.2, 0.25) is 0 Å². The highest BCUT2D eigenvalue weighted by molar-refractivity contribution is 5.90. The Labute approximate surface area is 164 Å². The molecule has 1 aromatic heterocycles. The lowest BCUT2D eigenvalue weighted by molar-refractivity contribution is 0.205. The van der Waals surface area contributed by atoms with E-state index in [1.165, 1.54) is 0 Å². The Kier molecular flexibility index (Phi) is 5.87. The molecule has 3 rings (SSSR count). The number of para-hydroxylation sites is 1. The van der Waals surface area contributed by atoms with Gasteiger partial charge in [-0.2, -0.15) is 0 Å². The predicted molar refractivity (Wildman–Crippen MR) is 107 cm³/mol. The van der Waals surface area contributed by atoms with Gasteiger partial charge in [0.05, 0.1) is 0 Å². The Hall–Kier alpha value is -3.03. The second kappa shape index (κ2) is 8.33. The van der Waals surface area contributed by atoms with E-state index in [9.17, 15) is 9.59 Å². The van der Waals surface area contributed by atoms with Crippen molar-refractivity contribution in [3.63, 3.8) is 0 Å². The van der Waals surface area contributed by atoms with Gasteiger partial charge in [-0.1, -0.05) is 44.1 Å². The number of urea groups is 2. The zero-order valence-corrected chi connectivity index (χ0v) is 16.6. The van der Waals surface area contributed by atoms with E-state index in [2.05, 4.69) is 15.8 Å². The zero-order chi connectivity index (χ0) is 20.1. The Morgan fingerprint density at radius 1 is 0.964 bits per heavy atom. The third-order valence-corrected chi connectivity index (χ3v) is 4.58. The molecule has 0 atom stereocenters. The molecule has 8 nitrogen and oxygen atoms in total. The van der Waals surface area contributed by atoms with Gasteiger partial charge in [-0.05, 0) is 18.6 Å². The first-order chi connectivity index (χ1) is 13.3. The maximum Gasteiger partial charge on any atom is 0.323 e. The SMILES string of the molecule is CC(C)(C)c1cc(NC(=O)N2CCCN(C(=O)Nc3ccccc3)CC2)no1. The number of nitrogens with zero attached hydrogens (tertiary/aromatic N) is 3. The first kappa shape index (κ1) is 19.7. The van der Waals surface area contributed by atoms with Crippen LogP contribution in [0.1, 0.15) is 33.0 Å². The second-order valence-electron chi connectivity index (χ2n) is 7.88. The molecule has 0 spiro atoms. The summed E-state index contributed by atoms with van der Waals surface area (Å²) in [5.74, 6) is 1.11. The molecule has 2 N–H and O–H groups in total. The van der Waals surface area contributed by atoms with E-state index >= 15 is 0 Å². The average Bonchev–Trinajstić information content (AvgIpc) is 2.98. The van der Waals surface area contributed by atoms with Gasteiger partial charge in [0.25, 0.3) is 0 Å². The zero-order valence-electron chi connectivity index (χ0n) is 16.6. The van der Waals surface area contributed by atoms with Gasteiger partial charge in [0.15, 0.2) is 5.82 Å². The molecule has 1 saturated heterocycles. The lowest BCUT2D eigenvalue weighted by Gasteiger charge is -2.22. The van der Waals surface area contributed by atoms with Crippen molar-refractivity contribution in [3.8, 4) is 0 Å². The summed E-state index contributed by atoms with van der Waals surface area (Å²) in [6.45, 7) is 8.15. The topological polar surface area (TPSA) is 90.7 Å². The highest BCUT2D eigenvalue weighted by atomic mass is 16.5. The maximum absolute atomic E-state index is 12.6. The lowest BCUT2D eigenvalue weighted by Crippen LogP contribution is -2.40. The van der Waals surface area contributed by atoms with Crippen LogP contribution >= 0.6 is 0 Å². The number of amides is 4. The molecule has 0 unspecified atom stereocenters. The third-order valence-electron chi connectivity index (χ3n) is 4.58. The molecule has 2 aromatic rings. The fraction of sp³-hybridized carbons (Fsp3) is 0.450. The summed E-state index contributed by atoms with van der Waals surface area (Å²) in [5.41, 5.74) is 0.581. The number of aromatic nitrogens is 1. The van der Waals surface area contributed by atoms with E-state index in [1.807, 2.05) is 51.1 Å². The summed E-state index contributed by atoms with van der Waals surface area (Å²) in [5, 5.41) is 9.59. The molecule has 1 fully saturated rings. The van der Waals surface area contributed by atoms with Crippen molar-refractivity contribution in [2.45, 2.75) is 32.6 Å². The molecule has 0 saturated carbocycles. The van der Waals surface area contributed by atoms with Crippen molar-refractivity contribution >= 4 is 23.6 Å². The van der Waals surface area contributed by atoms with Gasteiger partial charge >= 0.3 is 12.1 Å². The predicted octanol–water partition coefficient (Wildman–Crippen LogP) is 3.74. The van der Waals surface area contributed by atoms with Crippen LogP contribution < -0.4 is 10.6 Å². The van der Waals surface area contributed by atoms with E-state index in [0.717, 1.165) is 5.69 Å². The Morgan fingerprint density at radius 2 is 1.57 bits per heavy atom. The normalized spacial score (nSPS) is 15.1. The minimum Gasteiger partial charge on any atom is -0.359 e. The van der Waals surface area contributed by atoms with Gasteiger partial charge in [-0.15, -0.1) is 0 Å². The number of anilines is 2. The monoisotopic (exact) mass is 385 g/mol. The van der Waals surface area contributed by atoms with Crippen molar-refractivity contribution in [3.05, 3.63) is 42.2 Å². The van der Waals surface area contributed by atoms with Crippen molar-refractivity contribution in [1.82, 2.24) is 15.0 Å². The van der Waals surface area contributed by atoms with Gasteiger partial charge in [-0.25, -0.2) is 9.59 Å². The minimum atomic E-state index is -0.237. The molecule has 0 radical (unpaired) electrons. The molecule has 2 heterocycles. The van der Waals surface area contributed by atoms with E-state index in [0.29, 0.717) is 44.2 Å². The molecule has 0 aliphatic carbocycles. The van der Waals surface area contributed by atoms with Crippen molar-refractivity contribution < 1.29 is 14.1 Å². The lowest BCUT2D eigenvalue weighted by atomic mass is 9.93. The number of hydrogen-bond donors (Lipinski definition) is 2. The van der Waals surface area contributed by atoms with E-state index in [4.69, 9.17) is 4.52 Å². The summed E-state index contributed by atoms with van der Waals surface area (Å²) in [6, 6.07) is 10.7. The van der Waals surface area contributed by atoms with Crippen molar-refractivity contribution in [1.29, 1.82) is 0 Å². The summed E-state index contributed by atoms with van der Waals surface area (Å²) in [7, 11) is 0. The van der Waals surface area contributed by atoms with Gasteiger partial charge in [0, 0.05) is 43.3 Å². The number of carbonyl (C=O) groups is 2. The van der Waals surface area contributed by atoms with Crippen LogP contribution in [-0.4, -0.2) is 53.2 Å². The van der Waals surface area contributed by atoms with Crippen LogP contribution in [0, 0.1) is 0 Å². The summed E-state index contributed by atoms with van der Waals surface area (Å²) >= 11 is 0. The first-order valence-corrected chi connectivity index (χ1v) is 9.47. The Bertz CT molecular complexity index is 813. The molecule has 28 heavy (non-hydrogen) atoms. The Morgan fingerprint density at radius 3 is 2.14 bits per heavy atom. The summed E-state index contributed by atoms with van der Waals surface area (Å²) < 4.78 is 5.30. The molecular formula is C20H27N5O3. The third kappa shape index (κ3) is 5.03. The van der Waals surface area contributed by atoms with Crippen molar-refractivity contribution in [2.24, 2.45) is 0 Å². The standard InChI is InChI=1S/C20H27N5O3/c1-20(2,3)16-14-17(23-28-16)22-19(27)25-11-7-10-24(12-13-25)18(26)21-15-8-5-4-6-9-15/h4-6,8-9,14H,7,10-13H2,1-3H3,(H,21,26)(H,22,23,27). The number of carbonyl (C=O) groups excluding carboxylic acids is 2. The summed E-state index contributed by atoms with van der Waals surface area (Å²) in [6.07, 6.45) is 0.710. The van der Waals surface area contributed by atoms with Gasteiger partial charge in [-0.3, -0.25) is 5.32 Å². The summed E-state index contributed by atoms with van der Waals surface area (Å²) in [4.78, 5) is 28.4. The molecule has 1 aliphatic heterocycles. The Balaban J connectivity index is 1.53. The van der Waals surface area contributed by atoms with Crippen LogP contribution in [-0.2, 0) is 5.41 Å². The highest BCUT2D eigenvalue weighted by Gasteiger charge is 2.24. The molecular weight excluding hydrogens is 358 g/mol. The second-order valence-corrected chi connectivity index (χ2v) is 7.88. The molecule has 8 heteroatoms. The van der Waals surface area contributed by atoms with Crippen LogP contribution in [0.4, 0.5) is 21.1 Å².